The van der Waals surface area contributed by atoms with Gasteiger partial charge >= 0.3 is 0 Å². The molecule has 0 aliphatic heterocycles. The average molecular weight is 328 g/mol. The zero-order chi connectivity index (χ0) is 15.5. The standard InChI is InChI=1S/C15H18ClNO3S/c1-11(9-13-4-5-13)17-21(19,20)15-7-6-12(3-2-8-18)10-14(15)16/h6-7,10-11,13,17-18H,4-5,8-9H2,1H3. The lowest BCUT2D eigenvalue weighted by Crippen LogP contribution is -2.33. The molecule has 0 bridgehead atoms. The summed E-state index contributed by atoms with van der Waals surface area (Å²) in [6.45, 7) is 1.61. The van der Waals surface area contributed by atoms with Gasteiger partial charge in [0.05, 0.1) is 5.02 Å². The minimum absolute atomic E-state index is 0.0568. The molecule has 1 aliphatic carbocycles. The van der Waals surface area contributed by atoms with Crippen LogP contribution < -0.4 is 4.72 Å². The number of halogens is 1. The first-order valence-electron chi connectivity index (χ1n) is 6.84. The summed E-state index contributed by atoms with van der Waals surface area (Å²) in [6.07, 6.45) is 3.23. The van der Waals surface area contributed by atoms with Crippen molar-refractivity contribution in [1.29, 1.82) is 0 Å². The second kappa shape index (κ2) is 6.80. The van der Waals surface area contributed by atoms with Crippen molar-refractivity contribution < 1.29 is 13.5 Å². The van der Waals surface area contributed by atoms with Gasteiger partial charge in [0, 0.05) is 11.6 Å². The maximum absolute atomic E-state index is 12.3. The fourth-order valence-electron chi connectivity index (χ4n) is 2.17. The average Bonchev–Trinajstić information content (AvgIpc) is 3.19. The van der Waals surface area contributed by atoms with Crippen LogP contribution in [0.25, 0.3) is 0 Å². The van der Waals surface area contributed by atoms with Crippen LogP contribution in [0.3, 0.4) is 0 Å². The van der Waals surface area contributed by atoms with E-state index in [0.717, 1.165) is 6.42 Å². The topological polar surface area (TPSA) is 66.4 Å². The molecule has 0 saturated heterocycles. The maximum Gasteiger partial charge on any atom is 0.242 e. The van der Waals surface area contributed by atoms with E-state index in [1.54, 1.807) is 6.07 Å². The van der Waals surface area contributed by atoms with Crippen LogP contribution in [0.5, 0.6) is 0 Å². The van der Waals surface area contributed by atoms with E-state index in [9.17, 15) is 8.42 Å². The molecule has 0 heterocycles. The number of benzene rings is 1. The number of hydrogen-bond acceptors (Lipinski definition) is 3. The van der Waals surface area contributed by atoms with E-state index in [0.29, 0.717) is 11.5 Å². The molecule has 1 atom stereocenters. The molecular weight excluding hydrogens is 310 g/mol. The summed E-state index contributed by atoms with van der Waals surface area (Å²) in [5.41, 5.74) is 0.569. The Hall–Kier alpha value is -1.06. The van der Waals surface area contributed by atoms with E-state index in [4.69, 9.17) is 16.7 Å². The van der Waals surface area contributed by atoms with Gasteiger partial charge in [0.25, 0.3) is 0 Å². The normalized spacial score (nSPS) is 16.1. The van der Waals surface area contributed by atoms with Crippen molar-refractivity contribution in [1.82, 2.24) is 4.72 Å². The summed E-state index contributed by atoms with van der Waals surface area (Å²) in [4.78, 5) is 0.0568. The Morgan fingerprint density at radius 3 is 2.76 bits per heavy atom. The first kappa shape index (κ1) is 16.3. The van der Waals surface area contributed by atoms with Crippen LogP contribution in [0.1, 0.15) is 31.7 Å². The van der Waals surface area contributed by atoms with Gasteiger partial charge in [0.2, 0.25) is 10.0 Å². The molecule has 21 heavy (non-hydrogen) atoms. The van der Waals surface area contributed by atoms with Crippen LogP contribution in [0.15, 0.2) is 23.1 Å². The van der Waals surface area contributed by atoms with Crippen LogP contribution in [0.2, 0.25) is 5.02 Å². The summed E-state index contributed by atoms with van der Waals surface area (Å²) in [5.74, 6) is 5.83. The Kier molecular flexibility index (Phi) is 5.28. The molecule has 2 N–H and O–H groups in total. The van der Waals surface area contributed by atoms with E-state index < -0.39 is 10.0 Å². The fourth-order valence-corrected chi connectivity index (χ4v) is 3.97. The van der Waals surface area contributed by atoms with Gasteiger partial charge in [-0.1, -0.05) is 36.3 Å². The van der Waals surface area contributed by atoms with Gasteiger partial charge in [0.15, 0.2) is 0 Å². The molecule has 114 valence electrons. The molecule has 1 fully saturated rings. The molecule has 0 aromatic heterocycles. The highest BCUT2D eigenvalue weighted by Gasteiger charge is 2.27. The van der Waals surface area contributed by atoms with Gasteiger partial charge in [-0.15, -0.1) is 0 Å². The van der Waals surface area contributed by atoms with Crippen LogP contribution in [-0.2, 0) is 10.0 Å². The molecule has 0 radical (unpaired) electrons. The van der Waals surface area contributed by atoms with Gasteiger partial charge in [-0.2, -0.15) is 0 Å². The van der Waals surface area contributed by atoms with Crippen molar-refractivity contribution in [3.8, 4) is 11.8 Å². The van der Waals surface area contributed by atoms with Crippen LogP contribution >= 0.6 is 11.6 Å². The smallest absolute Gasteiger partial charge is 0.242 e. The van der Waals surface area contributed by atoms with Gasteiger partial charge in [-0.3, -0.25) is 0 Å². The summed E-state index contributed by atoms with van der Waals surface area (Å²) >= 11 is 6.04. The van der Waals surface area contributed by atoms with Crippen LogP contribution in [0.4, 0.5) is 0 Å². The van der Waals surface area contributed by atoms with Crippen molar-refractivity contribution >= 4 is 21.6 Å². The second-order valence-electron chi connectivity index (χ2n) is 5.31. The zero-order valence-corrected chi connectivity index (χ0v) is 13.3. The Morgan fingerprint density at radius 2 is 2.19 bits per heavy atom. The molecular formula is C15H18ClNO3S. The van der Waals surface area contributed by atoms with Crippen LogP contribution in [0, 0.1) is 17.8 Å². The molecule has 0 amide bonds. The van der Waals surface area contributed by atoms with Crippen LogP contribution in [-0.4, -0.2) is 26.2 Å². The third kappa shape index (κ3) is 4.72. The third-order valence-electron chi connectivity index (χ3n) is 3.27. The Labute approximate surface area is 130 Å². The number of aliphatic hydroxyl groups is 1. The first-order chi connectivity index (χ1) is 9.92. The molecule has 1 saturated carbocycles. The van der Waals surface area contributed by atoms with Gasteiger partial charge in [-0.25, -0.2) is 13.1 Å². The van der Waals surface area contributed by atoms with Gasteiger partial charge in [-0.05, 0) is 37.5 Å². The van der Waals surface area contributed by atoms with E-state index in [-0.39, 0.29) is 22.6 Å². The predicted molar refractivity (Wildman–Crippen MR) is 82.5 cm³/mol. The van der Waals surface area contributed by atoms with E-state index >= 15 is 0 Å². The SMILES string of the molecule is CC(CC1CC1)NS(=O)(=O)c1ccc(C#CCO)cc1Cl. The zero-order valence-electron chi connectivity index (χ0n) is 11.8. The van der Waals surface area contributed by atoms with Crippen molar-refractivity contribution in [3.63, 3.8) is 0 Å². The highest BCUT2D eigenvalue weighted by Crippen LogP contribution is 2.33. The maximum atomic E-state index is 12.3. The Balaban J connectivity index is 2.15. The van der Waals surface area contributed by atoms with Crippen molar-refractivity contribution in [2.75, 3.05) is 6.61 Å². The summed E-state index contributed by atoms with van der Waals surface area (Å²) < 4.78 is 27.3. The summed E-state index contributed by atoms with van der Waals surface area (Å²) in [5, 5.41) is 8.77. The monoisotopic (exact) mass is 327 g/mol. The molecule has 2 rings (SSSR count). The Morgan fingerprint density at radius 1 is 1.48 bits per heavy atom. The fraction of sp³-hybridized carbons (Fsp3) is 0.467. The number of sulfonamides is 1. The highest BCUT2D eigenvalue weighted by molar-refractivity contribution is 7.89. The predicted octanol–water partition coefficient (Wildman–Crippen LogP) is 2.15. The van der Waals surface area contributed by atoms with Crippen molar-refractivity contribution in [2.45, 2.75) is 37.1 Å². The molecule has 1 aromatic rings. The summed E-state index contributed by atoms with van der Waals surface area (Å²) in [6, 6.07) is 4.40. The van der Waals surface area contributed by atoms with Crippen molar-refractivity contribution in [2.24, 2.45) is 5.92 Å². The molecule has 6 heteroatoms. The van der Waals surface area contributed by atoms with Gasteiger partial charge < -0.3 is 5.11 Å². The van der Waals surface area contributed by atoms with E-state index in [2.05, 4.69) is 16.6 Å². The lowest BCUT2D eigenvalue weighted by molar-refractivity contribution is 0.350. The second-order valence-corrected chi connectivity index (χ2v) is 7.40. The quantitative estimate of drug-likeness (QED) is 0.814. The molecule has 1 aliphatic rings. The minimum Gasteiger partial charge on any atom is -0.384 e. The lowest BCUT2D eigenvalue weighted by atomic mass is 10.2. The minimum atomic E-state index is -3.62. The molecule has 1 aromatic carbocycles. The lowest BCUT2D eigenvalue weighted by Gasteiger charge is -2.14. The Bertz CT molecular complexity index is 672. The van der Waals surface area contributed by atoms with Crippen molar-refractivity contribution in [3.05, 3.63) is 28.8 Å². The number of hydrogen-bond donors (Lipinski definition) is 2. The molecule has 4 nitrogen and oxygen atoms in total. The number of nitrogens with one attached hydrogen (secondary N) is 1. The molecule has 0 spiro atoms. The number of rotatable bonds is 5. The third-order valence-corrected chi connectivity index (χ3v) is 5.35. The largest absolute Gasteiger partial charge is 0.384 e. The first-order valence-corrected chi connectivity index (χ1v) is 8.70. The van der Waals surface area contributed by atoms with E-state index in [1.807, 2.05) is 6.92 Å². The van der Waals surface area contributed by atoms with Gasteiger partial charge in [0.1, 0.15) is 11.5 Å². The molecule has 1 unspecified atom stereocenters. The summed E-state index contributed by atoms with van der Waals surface area (Å²) in [7, 11) is -3.62. The number of aliphatic hydroxyl groups excluding tert-OH is 1. The highest BCUT2D eigenvalue weighted by atomic mass is 35.5. The van der Waals surface area contributed by atoms with E-state index in [1.165, 1.54) is 25.0 Å².